The van der Waals surface area contributed by atoms with Gasteiger partial charge in [0, 0.05) is 5.92 Å². The topological polar surface area (TPSA) is 17.1 Å². The molecule has 13 heavy (non-hydrogen) atoms. The minimum Gasteiger partial charge on any atom is -0.303 e. The van der Waals surface area contributed by atoms with Gasteiger partial charge in [0.1, 0.15) is 6.29 Å². The predicted octanol–water partition coefficient (Wildman–Crippen LogP) is 3.18. The van der Waals surface area contributed by atoms with Crippen molar-refractivity contribution >= 4 is 6.29 Å². The second kappa shape index (κ2) is 4.26. The van der Waals surface area contributed by atoms with Crippen molar-refractivity contribution in [3.63, 3.8) is 0 Å². The van der Waals surface area contributed by atoms with Gasteiger partial charge in [-0.05, 0) is 37.5 Å². The molecule has 0 amide bonds. The highest BCUT2D eigenvalue weighted by atomic mass is 16.1. The Morgan fingerprint density at radius 2 is 1.31 bits per heavy atom. The maximum atomic E-state index is 10.6. The fraction of sp³-hybridized carbons (Fsp3) is 0.917. The van der Waals surface area contributed by atoms with Crippen molar-refractivity contribution in [2.45, 2.75) is 51.4 Å². The van der Waals surface area contributed by atoms with Crippen molar-refractivity contribution in [2.75, 3.05) is 0 Å². The molecular weight excluding hydrogens is 160 g/mol. The van der Waals surface area contributed by atoms with E-state index in [0.717, 1.165) is 11.8 Å². The molecule has 0 aromatic rings. The van der Waals surface area contributed by atoms with Crippen LogP contribution >= 0.6 is 0 Å². The summed E-state index contributed by atoms with van der Waals surface area (Å²) >= 11 is 0. The van der Waals surface area contributed by atoms with Crippen molar-refractivity contribution in [3.8, 4) is 0 Å². The first-order chi connectivity index (χ1) is 6.40. The molecule has 0 atom stereocenters. The second-order valence-electron chi connectivity index (χ2n) is 4.86. The summed E-state index contributed by atoms with van der Waals surface area (Å²) in [7, 11) is 0. The molecule has 1 nitrogen and oxygen atoms in total. The van der Waals surface area contributed by atoms with Gasteiger partial charge < -0.3 is 4.79 Å². The highest BCUT2D eigenvalue weighted by Gasteiger charge is 2.28. The smallest absolute Gasteiger partial charge is 0.123 e. The van der Waals surface area contributed by atoms with E-state index in [2.05, 4.69) is 0 Å². The second-order valence-corrected chi connectivity index (χ2v) is 4.86. The summed E-state index contributed by atoms with van der Waals surface area (Å²) in [5, 5.41) is 0. The zero-order valence-electron chi connectivity index (χ0n) is 8.37. The fourth-order valence-corrected chi connectivity index (χ4v) is 3.18. The first-order valence-electron chi connectivity index (χ1n) is 5.85. The number of rotatable bonds is 2. The molecule has 2 rings (SSSR count). The lowest BCUT2D eigenvalue weighted by molar-refractivity contribution is -0.112. The Morgan fingerprint density at radius 1 is 0.769 bits per heavy atom. The number of carbonyl (C=O) groups is 1. The van der Waals surface area contributed by atoms with E-state index in [1.54, 1.807) is 0 Å². The van der Waals surface area contributed by atoms with Crippen LogP contribution in [0.3, 0.4) is 0 Å². The van der Waals surface area contributed by atoms with E-state index in [4.69, 9.17) is 0 Å². The third-order valence-electron chi connectivity index (χ3n) is 4.08. The zero-order chi connectivity index (χ0) is 9.10. The number of aldehydes is 1. The van der Waals surface area contributed by atoms with Crippen molar-refractivity contribution in [2.24, 2.45) is 17.8 Å². The lowest BCUT2D eigenvalue weighted by atomic mass is 9.76. The molecular formula is C12H20O. The Bertz CT molecular complexity index is 162. The lowest BCUT2D eigenvalue weighted by Gasteiger charge is -2.29. The first kappa shape index (κ1) is 9.23. The van der Waals surface area contributed by atoms with Crippen LogP contribution in [0.2, 0.25) is 0 Å². The third-order valence-corrected chi connectivity index (χ3v) is 4.08. The molecule has 2 aliphatic carbocycles. The van der Waals surface area contributed by atoms with E-state index in [0.29, 0.717) is 5.92 Å². The third kappa shape index (κ3) is 2.12. The first-order valence-corrected chi connectivity index (χ1v) is 5.85. The van der Waals surface area contributed by atoms with Gasteiger partial charge in [-0.25, -0.2) is 0 Å². The van der Waals surface area contributed by atoms with Gasteiger partial charge in [0.15, 0.2) is 0 Å². The van der Waals surface area contributed by atoms with Gasteiger partial charge >= 0.3 is 0 Å². The number of hydrogen-bond donors (Lipinski definition) is 0. The molecule has 0 radical (unpaired) electrons. The summed E-state index contributed by atoms with van der Waals surface area (Å²) in [4.78, 5) is 10.6. The SMILES string of the molecule is O=CC1CCC(C2CCCC2)CC1. The molecule has 0 N–H and O–H groups in total. The Kier molecular flexibility index (Phi) is 3.02. The molecule has 2 aliphatic rings. The normalized spacial score (nSPS) is 36.3. The summed E-state index contributed by atoms with van der Waals surface area (Å²) in [5.41, 5.74) is 0. The number of carbonyl (C=O) groups excluding carboxylic acids is 1. The average Bonchev–Trinajstić information content (AvgIpc) is 2.71. The maximum absolute atomic E-state index is 10.6. The van der Waals surface area contributed by atoms with Gasteiger partial charge in [-0.1, -0.05) is 25.7 Å². The standard InChI is InChI=1S/C12H20O/c13-9-10-5-7-12(8-6-10)11-3-1-2-4-11/h9-12H,1-8H2. The van der Waals surface area contributed by atoms with Crippen LogP contribution in [-0.4, -0.2) is 6.29 Å². The van der Waals surface area contributed by atoms with E-state index in [-0.39, 0.29) is 0 Å². The van der Waals surface area contributed by atoms with E-state index >= 15 is 0 Å². The quantitative estimate of drug-likeness (QED) is 0.596. The molecule has 0 aliphatic heterocycles. The lowest BCUT2D eigenvalue weighted by Crippen LogP contribution is -2.20. The summed E-state index contributed by atoms with van der Waals surface area (Å²) in [6, 6.07) is 0. The molecule has 0 aromatic heterocycles. The summed E-state index contributed by atoms with van der Waals surface area (Å²) < 4.78 is 0. The Hall–Kier alpha value is -0.330. The molecule has 1 heteroatoms. The monoisotopic (exact) mass is 180 g/mol. The van der Waals surface area contributed by atoms with Crippen LogP contribution in [0.15, 0.2) is 0 Å². The molecule has 0 heterocycles. The van der Waals surface area contributed by atoms with E-state index in [9.17, 15) is 4.79 Å². The van der Waals surface area contributed by atoms with Crippen LogP contribution in [0.25, 0.3) is 0 Å². The van der Waals surface area contributed by atoms with Gasteiger partial charge in [0.05, 0.1) is 0 Å². The van der Waals surface area contributed by atoms with Crippen LogP contribution in [-0.2, 0) is 4.79 Å². The average molecular weight is 180 g/mol. The van der Waals surface area contributed by atoms with Crippen LogP contribution in [0.1, 0.15) is 51.4 Å². The molecule has 0 aromatic carbocycles. The largest absolute Gasteiger partial charge is 0.303 e. The Labute approximate surface area is 80.9 Å². The summed E-state index contributed by atoms with van der Waals surface area (Å²) in [5.74, 6) is 2.39. The Morgan fingerprint density at radius 3 is 1.85 bits per heavy atom. The van der Waals surface area contributed by atoms with E-state index in [1.807, 2.05) is 0 Å². The maximum Gasteiger partial charge on any atom is 0.123 e. The minimum atomic E-state index is 0.401. The molecule has 0 bridgehead atoms. The van der Waals surface area contributed by atoms with Gasteiger partial charge in [-0.15, -0.1) is 0 Å². The highest BCUT2D eigenvalue weighted by Crippen LogP contribution is 2.40. The van der Waals surface area contributed by atoms with Crippen LogP contribution in [0, 0.1) is 17.8 Å². The molecule has 2 saturated carbocycles. The molecule has 74 valence electrons. The van der Waals surface area contributed by atoms with Crippen LogP contribution in [0.5, 0.6) is 0 Å². The fourth-order valence-electron chi connectivity index (χ4n) is 3.18. The van der Waals surface area contributed by atoms with Gasteiger partial charge in [0.25, 0.3) is 0 Å². The molecule has 0 unspecified atom stereocenters. The van der Waals surface area contributed by atoms with E-state index < -0.39 is 0 Å². The van der Waals surface area contributed by atoms with Gasteiger partial charge in [-0.2, -0.15) is 0 Å². The van der Waals surface area contributed by atoms with Crippen LogP contribution in [0.4, 0.5) is 0 Å². The highest BCUT2D eigenvalue weighted by molar-refractivity contribution is 5.53. The zero-order valence-corrected chi connectivity index (χ0v) is 8.37. The van der Waals surface area contributed by atoms with Crippen molar-refractivity contribution in [1.29, 1.82) is 0 Å². The summed E-state index contributed by atoms with van der Waals surface area (Å²) in [6.45, 7) is 0. The predicted molar refractivity (Wildman–Crippen MR) is 53.5 cm³/mol. The van der Waals surface area contributed by atoms with Gasteiger partial charge in [-0.3, -0.25) is 0 Å². The molecule has 2 fully saturated rings. The van der Waals surface area contributed by atoms with Crippen LogP contribution < -0.4 is 0 Å². The molecule has 0 saturated heterocycles. The number of hydrogen-bond acceptors (Lipinski definition) is 1. The van der Waals surface area contributed by atoms with Crippen molar-refractivity contribution < 1.29 is 4.79 Å². The summed E-state index contributed by atoms with van der Waals surface area (Å²) in [6.07, 6.45) is 12.0. The molecule has 0 spiro atoms. The van der Waals surface area contributed by atoms with E-state index in [1.165, 1.54) is 57.7 Å². The minimum absolute atomic E-state index is 0.401. The van der Waals surface area contributed by atoms with Crippen molar-refractivity contribution in [3.05, 3.63) is 0 Å². The van der Waals surface area contributed by atoms with Gasteiger partial charge in [0.2, 0.25) is 0 Å². The van der Waals surface area contributed by atoms with Crippen molar-refractivity contribution in [1.82, 2.24) is 0 Å². The Balaban J connectivity index is 1.79.